The van der Waals surface area contributed by atoms with E-state index >= 15 is 0 Å². The summed E-state index contributed by atoms with van der Waals surface area (Å²) in [4.78, 5) is 19.9. The number of amides is 1. The van der Waals surface area contributed by atoms with E-state index in [1.807, 2.05) is 36.9 Å². The molecule has 0 radical (unpaired) electrons. The zero-order valence-corrected chi connectivity index (χ0v) is 24.6. The molecule has 0 fully saturated rings. The molecule has 3 aromatic carbocycles. The average Bonchev–Trinajstić information content (AvgIpc) is 2.96. The first-order valence-corrected chi connectivity index (χ1v) is 15.4. The molecule has 6 nitrogen and oxygen atoms in total. The van der Waals surface area contributed by atoms with E-state index in [9.17, 15) is 22.0 Å². The molecule has 1 heterocycles. The predicted octanol–water partition coefficient (Wildman–Crippen LogP) is 6.61. The molecule has 2 N–H and O–H groups in total. The molecule has 1 amide bonds. The van der Waals surface area contributed by atoms with Gasteiger partial charge in [0.25, 0.3) is 0 Å². The van der Waals surface area contributed by atoms with Crippen LogP contribution in [0.25, 0.3) is 0 Å². The van der Waals surface area contributed by atoms with Gasteiger partial charge in [0.15, 0.2) is 0 Å². The second-order valence-corrected chi connectivity index (χ2v) is 12.1. The molecule has 1 aliphatic rings. The van der Waals surface area contributed by atoms with Gasteiger partial charge in [-0.15, -0.1) is 0 Å². The van der Waals surface area contributed by atoms with Crippen molar-refractivity contribution >= 4 is 21.6 Å². The van der Waals surface area contributed by atoms with Gasteiger partial charge in [0.2, 0.25) is 15.9 Å². The van der Waals surface area contributed by atoms with Crippen molar-refractivity contribution < 1.29 is 22.0 Å². The fourth-order valence-electron chi connectivity index (χ4n) is 4.97. The smallest absolute Gasteiger partial charge is 0.238 e. The van der Waals surface area contributed by atoms with Crippen LogP contribution in [0.1, 0.15) is 60.2 Å². The number of pyridine rings is 1. The van der Waals surface area contributed by atoms with Crippen LogP contribution in [-0.4, -0.2) is 19.3 Å². The number of carbonyl (C=O) groups is 1. The Balaban J connectivity index is 0.000000310. The highest BCUT2D eigenvalue weighted by molar-refractivity contribution is 7.89. The van der Waals surface area contributed by atoms with E-state index in [0.717, 1.165) is 59.7 Å². The Labute approximate surface area is 246 Å². The maximum atomic E-state index is 13.5. The van der Waals surface area contributed by atoms with E-state index < -0.39 is 15.8 Å². The number of nitrogens with zero attached hydrogens (tertiary/aromatic N) is 2. The minimum atomic E-state index is -3.69. The largest absolute Gasteiger partial charge is 0.306 e. The summed E-state index contributed by atoms with van der Waals surface area (Å²) >= 11 is 0. The Morgan fingerprint density at radius 2 is 1.52 bits per heavy atom. The van der Waals surface area contributed by atoms with Crippen LogP contribution in [0.2, 0.25) is 0 Å². The topological polar surface area (TPSA) is 93.4 Å². The SMILES string of the molecule is Cc1cccc(CN(C(=O)C[C@H](C)c2ccc(F)cc2)c2ccc3c(c2)CCCC3)n1.NS(=O)(=O)c1ccc(F)cc1. The number of hydrogen-bond donors (Lipinski definition) is 1. The van der Waals surface area contributed by atoms with Crippen LogP contribution >= 0.6 is 0 Å². The third-order valence-electron chi connectivity index (χ3n) is 7.27. The summed E-state index contributed by atoms with van der Waals surface area (Å²) < 4.78 is 46.7. The zero-order chi connectivity index (χ0) is 30.3. The fourth-order valence-corrected chi connectivity index (χ4v) is 5.48. The van der Waals surface area contributed by atoms with Gasteiger partial charge in [-0.1, -0.05) is 31.2 Å². The molecule has 220 valence electrons. The van der Waals surface area contributed by atoms with Gasteiger partial charge in [-0.2, -0.15) is 0 Å². The number of primary sulfonamides is 1. The number of aryl methyl sites for hydroxylation is 3. The predicted molar refractivity (Wildman–Crippen MR) is 160 cm³/mol. The summed E-state index contributed by atoms with van der Waals surface area (Å²) in [5.74, 6) is -0.699. The summed E-state index contributed by atoms with van der Waals surface area (Å²) in [6, 6.07) is 23.1. The molecule has 4 aromatic rings. The molecule has 0 spiro atoms. The normalized spacial score (nSPS) is 13.4. The lowest BCUT2D eigenvalue weighted by atomic mass is 9.91. The van der Waals surface area contributed by atoms with Gasteiger partial charge in [0.05, 0.1) is 17.1 Å². The number of fused-ring (bicyclic) bond motifs is 1. The van der Waals surface area contributed by atoms with Crippen LogP contribution in [0.15, 0.2) is 89.8 Å². The number of carbonyl (C=O) groups excluding carboxylic acids is 1. The van der Waals surface area contributed by atoms with Gasteiger partial charge < -0.3 is 4.90 Å². The lowest BCUT2D eigenvalue weighted by Gasteiger charge is -2.26. The Morgan fingerprint density at radius 3 is 2.14 bits per heavy atom. The van der Waals surface area contributed by atoms with Crippen molar-refractivity contribution in [1.29, 1.82) is 0 Å². The highest BCUT2D eigenvalue weighted by Crippen LogP contribution is 2.29. The second kappa shape index (κ2) is 13.8. The molecule has 0 unspecified atom stereocenters. The van der Waals surface area contributed by atoms with E-state index in [0.29, 0.717) is 13.0 Å². The zero-order valence-electron chi connectivity index (χ0n) is 23.8. The Morgan fingerprint density at radius 1 is 0.905 bits per heavy atom. The van der Waals surface area contributed by atoms with Gasteiger partial charge >= 0.3 is 0 Å². The second-order valence-electron chi connectivity index (χ2n) is 10.6. The molecule has 1 aromatic heterocycles. The lowest BCUT2D eigenvalue weighted by Crippen LogP contribution is -2.32. The summed E-state index contributed by atoms with van der Waals surface area (Å²) in [7, 11) is -3.69. The van der Waals surface area contributed by atoms with Gasteiger partial charge in [0, 0.05) is 17.8 Å². The van der Waals surface area contributed by atoms with Crippen molar-refractivity contribution in [3.8, 4) is 0 Å². The molecular formula is C33H35F2N3O3S. The number of benzene rings is 3. The van der Waals surface area contributed by atoms with Crippen LogP contribution < -0.4 is 10.0 Å². The molecule has 42 heavy (non-hydrogen) atoms. The first-order valence-electron chi connectivity index (χ1n) is 13.9. The first kappa shape index (κ1) is 31.0. The molecule has 9 heteroatoms. The standard InChI is InChI=1S/C27H29FN2O.C6H6FNO2S/c1-19(21-10-13-24(28)14-11-21)16-27(31)30(18-25-9-5-6-20(2)29-25)26-15-12-22-7-3-4-8-23(22)17-26;7-5-1-3-6(4-2-5)11(8,9)10/h5-6,9-15,17,19H,3-4,7-8,16,18H2,1-2H3;1-4H,(H2,8,9,10)/t19-;/m0./s1. The molecule has 0 saturated heterocycles. The Bertz CT molecular complexity index is 1630. The molecule has 1 atom stereocenters. The fraction of sp³-hybridized carbons (Fsp3) is 0.273. The minimum Gasteiger partial charge on any atom is -0.306 e. The highest BCUT2D eigenvalue weighted by atomic mass is 32.2. The van der Waals surface area contributed by atoms with Gasteiger partial charge in [-0.25, -0.2) is 22.3 Å². The van der Waals surface area contributed by atoms with Crippen molar-refractivity contribution in [3.63, 3.8) is 0 Å². The van der Waals surface area contributed by atoms with Crippen molar-refractivity contribution in [1.82, 2.24) is 4.98 Å². The number of nitrogens with two attached hydrogens (primary N) is 1. The molecule has 0 aliphatic heterocycles. The number of sulfonamides is 1. The van der Waals surface area contributed by atoms with E-state index in [4.69, 9.17) is 5.14 Å². The van der Waals surface area contributed by atoms with Gasteiger partial charge in [-0.05, 0) is 116 Å². The van der Waals surface area contributed by atoms with Gasteiger partial charge in [0.1, 0.15) is 11.6 Å². The number of rotatable bonds is 7. The number of anilines is 1. The quantitative estimate of drug-likeness (QED) is 0.262. The number of aromatic nitrogens is 1. The monoisotopic (exact) mass is 591 g/mol. The molecule has 1 aliphatic carbocycles. The first-order chi connectivity index (χ1) is 20.0. The van der Waals surface area contributed by atoms with Crippen LogP contribution in [0.4, 0.5) is 14.5 Å². The maximum Gasteiger partial charge on any atom is 0.238 e. The average molecular weight is 592 g/mol. The third kappa shape index (κ3) is 8.53. The number of hydrogen-bond acceptors (Lipinski definition) is 4. The van der Waals surface area contributed by atoms with E-state index in [2.05, 4.69) is 23.2 Å². The molecule has 5 rings (SSSR count). The van der Waals surface area contributed by atoms with E-state index in [1.165, 1.54) is 36.1 Å². The Kier molecular flexibility index (Phi) is 10.2. The van der Waals surface area contributed by atoms with Crippen molar-refractivity contribution in [2.45, 2.75) is 63.3 Å². The van der Waals surface area contributed by atoms with Crippen LogP contribution in [0, 0.1) is 18.6 Å². The molecular weight excluding hydrogens is 556 g/mol. The minimum absolute atomic E-state index is 0.00121. The summed E-state index contributed by atoms with van der Waals surface area (Å²) in [6.45, 7) is 4.42. The Hall–Kier alpha value is -3.95. The third-order valence-corrected chi connectivity index (χ3v) is 8.20. The summed E-state index contributed by atoms with van der Waals surface area (Å²) in [5.41, 5.74) is 6.46. The summed E-state index contributed by atoms with van der Waals surface area (Å²) in [5, 5.41) is 4.76. The molecule has 0 bridgehead atoms. The summed E-state index contributed by atoms with van der Waals surface area (Å²) in [6.07, 6.45) is 4.97. The van der Waals surface area contributed by atoms with Crippen molar-refractivity contribution in [3.05, 3.63) is 125 Å². The van der Waals surface area contributed by atoms with Crippen LogP contribution in [0.5, 0.6) is 0 Å². The lowest BCUT2D eigenvalue weighted by molar-refractivity contribution is -0.119. The van der Waals surface area contributed by atoms with Crippen molar-refractivity contribution in [2.24, 2.45) is 5.14 Å². The van der Waals surface area contributed by atoms with Crippen molar-refractivity contribution in [2.75, 3.05) is 4.90 Å². The maximum absolute atomic E-state index is 13.5. The number of halogens is 2. The highest BCUT2D eigenvalue weighted by Gasteiger charge is 2.22. The van der Waals surface area contributed by atoms with E-state index in [-0.39, 0.29) is 22.5 Å². The van der Waals surface area contributed by atoms with E-state index in [1.54, 1.807) is 12.1 Å². The van der Waals surface area contributed by atoms with Crippen LogP contribution in [0.3, 0.4) is 0 Å². The van der Waals surface area contributed by atoms with Crippen LogP contribution in [-0.2, 0) is 34.2 Å². The molecule has 0 saturated carbocycles. The van der Waals surface area contributed by atoms with Gasteiger partial charge in [-0.3, -0.25) is 9.78 Å².